The van der Waals surface area contributed by atoms with Gasteiger partial charge in [-0.25, -0.2) is 0 Å². The Morgan fingerprint density at radius 1 is 0.833 bits per heavy atom. The van der Waals surface area contributed by atoms with Crippen LogP contribution in [0.1, 0.15) is 41.8 Å². The number of Topliss-reactive ketones (excluding diaryl/α,β-unsaturated/α-hetero) is 1. The minimum absolute atomic E-state index is 0.201. The topological polar surface area (TPSA) is 78.5 Å². The normalized spacial score (nSPS) is 28.4. The summed E-state index contributed by atoms with van der Waals surface area (Å²) in [5, 5.41) is 6.14. The molecule has 0 bridgehead atoms. The Labute approximate surface area is 210 Å². The number of para-hydroxylation sites is 2. The van der Waals surface area contributed by atoms with Gasteiger partial charge in [-0.2, -0.15) is 0 Å². The summed E-state index contributed by atoms with van der Waals surface area (Å²) in [7, 11) is 1.91. The molecule has 6 rings (SSSR count). The number of benzene rings is 3. The first-order chi connectivity index (χ1) is 17.3. The maximum Gasteiger partial charge on any atom is 0.250 e. The van der Waals surface area contributed by atoms with Crippen molar-refractivity contribution in [2.24, 2.45) is 11.8 Å². The Balaban J connectivity index is 1.73. The van der Waals surface area contributed by atoms with Crippen molar-refractivity contribution in [3.05, 3.63) is 95.6 Å². The van der Waals surface area contributed by atoms with Gasteiger partial charge in [0, 0.05) is 28.5 Å². The standard InChI is InChI=1S/C30H29N3O3/c1-18(2)17-24-29(20-13-7-9-15-22(20)31-27(29)35)26(25(34)19-11-5-4-6-12-19)30(33(24)3)21-14-8-10-16-23(21)32-28(30)36/h4-16,18,24,26H,17H2,1-3H3,(H,31,35)(H,32,36). The highest BCUT2D eigenvalue weighted by molar-refractivity contribution is 6.18. The minimum Gasteiger partial charge on any atom is -0.325 e. The summed E-state index contributed by atoms with van der Waals surface area (Å²) in [5.74, 6) is -1.41. The van der Waals surface area contributed by atoms with E-state index in [1.807, 2.05) is 78.7 Å². The molecule has 2 N–H and O–H groups in total. The molecule has 3 heterocycles. The molecule has 3 aliphatic rings. The number of likely N-dealkylation sites (tertiary alicyclic amines) is 1. The van der Waals surface area contributed by atoms with Crippen LogP contribution in [0.2, 0.25) is 0 Å². The van der Waals surface area contributed by atoms with E-state index in [0.29, 0.717) is 23.4 Å². The van der Waals surface area contributed by atoms with Crippen molar-refractivity contribution in [1.82, 2.24) is 4.90 Å². The van der Waals surface area contributed by atoms with Gasteiger partial charge in [0.1, 0.15) is 11.0 Å². The van der Waals surface area contributed by atoms with Crippen molar-refractivity contribution in [1.29, 1.82) is 0 Å². The smallest absolute Gasteiger partial charge is 0.250 e. The lowest BCUT2D eigenvalue weighted by Crippen LogP contribution is -2.54. The maximum absolute atomic E-state index is 14.7. The molecule has 3 aromatic carbocycles. The quantitative estimate of drug-likeness (QED) is 0.537. The molecule has 3 aromatic rings. The van der Waals surface area contributed by atoms with Crippen LogP contribution in [0.4, 0.5) is 11.4 Å². The number of likely N-dealkylation sites (N-methyl/N-ethyl adjacent to an activating group) is 1. The second-order valence-corrected chi connectivity index (χ2v) is 10.6. The first-order valence-electron chi connectivity index (χ1n) is 12.5. The van der Waals surface area contributed by atoms with Crippen LogP contribution < -0.4 is 10.6 Å². The third kappa shape index (κ3) is 2.68. The molecule has 2 amide bonds. The first kappa shape index (κ1) is 22.7. The van der Waals surface area contributed by atoms with Crippen LogP contribution in [0.5, 0.6) is 0 Å². The predicted molar refractivity (Wildman–Crippen MR) is 139 cm³/mol. The second kappa shape index (κ2) is 7.87. The molecule has 182 valence electrons. The molecule has 1 saturated heterocycles. The number of anilines is 2. The summed E-state index contributed by atoms with van der Waals surface area (Å²) in [4.78, 5) is 45.1. The highest BCUT2D eigenvalue weighted by atomic mass is 16.2. The van der Waals surface area contributed by atoms with Crippen molar-refractivity contribution >= 4 is 29.0 Å². The third-order valence-corrected chi connectivity index (χ3v) is 8.37. The summed E-state index contributed by atoms with van der Waals surface area (Å²) in [6.45, 7) is 4.23. The summed E-state index contributed by atoms with van der Waals surface area (Å²) in [6, 6.07) is 23.8. The minimum atomic E-state index is -1.34. The van der Waals surface area contributed by atoms with Crippen molar-refractivity contribution in [2.75, 3.05) is 17.7 Å². The van der Waals surface area contributed by atoms with Crippen molar-refractivity contribution < 1.29 is 14.4 Å². The van der Waals surface area contributed by atoms with Crippen LogP contribution in [-0.2, 0) is 20.5 Å². The SMILES string of the molecule is CC(C)CC1N(C)C2(C(=O)Nc3ccccc32)C(C(=O)c2ccccc2)C12C(=O)Nc1ccccc12. The Kier molecular flexibility index (Phi) is 4.96. The molecular weight excluding hydrogens is 450 g/mol. The van der Waals surface area contributed by atoms with Gasteiger partial charge in [0.15, 0.2) is 5.78 Å². The van der Waals surface area contributed by atoms with Crippen LogP contribution >= 0.6 is 0 Å². The van der Waals surface area contributed by atoms with Crippen LogP contribution in [0.25, 0.3) is 0 Å². The summed E-state index contributed by atoms with van der Waals surface area (Å²) in [5.41, 5.74) is 0.848. The van der Waals surface area contributed by atoms with Crippen molar-refractivity contribution in [2.45, 2.75) is 37.3 Å². The molecule has 4 unspecified atom stereocenters. The lowest BCUT2D eigenvalue weighted by Gasteiger charge is -2.37. The molecule has 36 heavy (non-hydrogen) atoms. The van der Waals surface area contributed by atoms with E-state index in [4.69, 9.17) is 0 Å². The Morgan fingerprint density at radius 2 is 1.39 bits per heavy atom. The van der Waals surface area contributed by atoms with E-state index in [1.165, 1.54) is 0 Å². The number of rotatable bonds is 4. The number of ketones is 1. The Morgan fingerprint density at radius 3 is 2.06 bits per heavy atom. The summed E-state index contributed by atoms with van der Waals surface area (Å²) >= 11 is 0. The van der Waals surface area contributed by atoms with E-state index in [1.54, 1.807) is 12.1 Å². The fraction of sp³-hybridized carbons (Fsp3) is 0.300. The van der Waals surface area contributed by atoms with Gasteiger partial charge in [-0.15, -0.1) is 0 Å². The van der Waals surface area contributed by atoms with E-state index in [9.17, 15) is 14.4 Å². The number of nitrogens with one attached hydrogen (secondary N) is 2. The van der Waals surface area contributed by atoms with E-state index in [2.05, 4.69) is 24.5 Å². The molecule has 1 fully saturated rings. The molecule has 3 aliphatic heterocycles. The Bertz CT molecular complexity index is 1400. The number of hydrogen-bond acceptors (Lipinski definition) is 4. The predicted octanol–water partition coefficient (Wildman–Crippen LogP) is 4.58. The second-order valence-electron chi connectivity index (χ2n) is 10.6. The third-order valence-electron chi connectivity index (χ3n) is 8.37. The fourth-order valence-electron chi connectivity index (χ4n) is 7.05. The average Bonchev–Trinajstić information content (AvgIpc) is 3.42. The van der Waals surface area contributed by atoms with Crippen molar-refractivity contribution in [3.8, 4) is 0 Å². The van der Waals surface area contributed by atoms with Gasteiger partial charge in [-0.3, -0.25) is 19.3 Å². The maximum atomic E-state index is 14.7. The highest BCUT2D eigenvalue weighted by Gasteiger charge is 2.77. The molecule has 6 heteroatoms. The molecule has 0 aliphatic carbocycles. The number of carbonyl (C=O) groups excluding carboxylic acids is 3. The number of amides is 2. The summed E-state index contributed by atoms with van der Waals surface area (Å²) < 4.78 is 0. The van der Waals surface area contributed by atoms with Crippen molar-refractivity contribution in [3.63, 3.8) is 0 Å². The van der Waals surface area contributed by atoms with Gasteiger partial charge in [0.2, 0.25) is 11.8 Å². The zero-order valence-corrected chi connectivity index (χ0v) is 20.6. The molecular formula is C30H29N3O3. The van der Waals surface area contributed by atoms with E-state index >= 15 is 0 Å². The molecule has 0 radical (unpaired) electrons. The number of fused-ring (bicyclic) bond motifs is 4. The van der Waals surface area contributed by atoms with Gasteiger partial charge in [0.05, 0.1) is 5.92 Å². The van der Waals surface area contributed by atoms with Crippen LogP contribution in [0.15, 0.2) is 78.9 Å². The van der Waals surface area contributed by atoms with E-state index in [-0.39, 0.29) is 29.6 Å². The molecule has 4 atom stereocenters. The van der Waals surface area contributed by atoms with Gasteiger partial charge >= 0.3 is 0 Å². The average molecular weight is 480 g/mol. The highest BCUT2D eigenvalue weighted by Crippen LogP contribution is 2.64. The molecule has 0 saturated carbocycles. The monoisotopic (exact) mass is 479 g/mol. The lowest BCUT2D eigenvalue weighted by molar-refractivity contribution is -0.127. The first-order valence-corrected chi connectivity index (χ1v) is 12.5. The molecule has 0 aromatic heterocycles. The summed E-state index contributed by atoms with van der Waals surface area (Å²) in [6.07, 6.45) is 0.647. The largest absolute Gasteiger partial charge is 0.325 e. The van der Waals surface area contributed by atoms with Gasteiger partial charge in [-0.05, 0) is 37.1 Å². The van der Waals surface area contributed by atoms with E-state index < -0.39 is 16.9 Å². The van der Waals surface area contributed by atoms with Gasteiger partial charge < -0.3 is 10.6 Å². The van der Waals surface area contributed by atoms with Gasteiger partial charge in [0.25, 0.3) is 0 Å². The number of hydrogen-bond donors (Lipinski definition) is 2. The van der Waals surface area contributed by atoms with Crippen LogP contribution in [0, 0.1) is 11.8 Å². The van der Waals surface area contributed by atoms with Crippen LogP contribution in [0.3, 0.4) is 0 Å². The lowest BCUT2D eigenvalue weighted by atomic mass is 9.59. The van der Waals surface area contributed by atoms with Gasteiger partial charge in [-0.1, -0.05) is 80.6 Å². The van der Waals surface area contributed by atoms with E-state index in [0.717, 1.165) is 11.1 Å². The number of carbonyl (C=O) groups is 3. The van der Waals surface area contributed by atoms with Crippen LogP contribution in [-0.4, -0.2) is 35.6 Å². The molecule has 2 spiro atoms. The molecule has 6 nitrogen and oxygen atoms in total. The Hall–Kier alpha value is -3.77. The zero-order valence-electron chi connectivity index (χ0n) is 20.6. The fourth-order valence-corrected chi connectivity index (χ4v) is 7.05. The zero-order chi connectivity index (χ0) is 25.2. The number of nitrogens with zero attached hydrogens (tertiary/aromatic N) is 1.